The van der Waals surface area contributed by atoms with Crippen LogP contribution < -0.4 is 5.32 Å². The second-order valence-electron chi connectivity index (χ2n) is 5.39. The molecule has 1 unspecified atom stereocenters. The number of nitrogens with zero attached hydrogens (tertiary/aromatic N) is 1. The zero-order chi connectivity index (χ0) is 14.7. The average Bonchev–Trinajstić information content (AvgIpc) is 3.22. The number of nitrogens with one attached hydrogen (secondary N) is 1. The molecule has 21 heavy (non-hydrogen) atoms. The average molecular weight is 319 g/mol. The number of hydrogen-bond acceptors (Lipinski definition) is 2. The van der Waals surface area contributed by atoms with Crippen LogP contribution in [0.3, 0.4) is 0 Å². The molecule has 1 amide bonds. The van der Waals surface area contributed by atoms with Crippen molar-refractivity contribution in [1.82, 2.24) is 10.2 Å². The lowest BCUT2D eigenvalue weighted by Crippen LogP contribution is -2.39. The maximum absolute atomic E-state index is 13.7. The van der Waals surface area contributed by atoms with E-state index in [4.69, 9.17) is 0 Å². The summed E-state index contributed by atoms with van der Waals surface area (Å²) in [5.41, 5.74) is 0.364. The lowest BCUT2D eigenvalue weighted by molar-refractivity contribution is -0.136. The van der Waals surface area contributed by atoms with Crippen molar-refractivity contribution in [3.63, 3.8) is 0 Å². The summed E-state index contributed by atoms with van der Waals surface area (Å²) in [7, 11) is 1.80. The molecular formula is C15H21ClF2N2O. The third-order valence-corrected chi connectivity index (χ3v) is 3.56. The summed E-state index contributed by atoms with van der Waals surface area (Å²) in [6.07, 6.45) is 1.92. The summed E-state index contributed by atoms with van der Waals surface area (Å²) in [6.45, 7) is 2.66. The van der Waals surface area contributed by atoms with Gasteiger partial charge in [0.25, 0.3) is 0 Å². The summed E-state index contributed by atoms with van der Waals surface area (Å²) in [5.74, 6) is -1.32. The molecule has 0 spiro atoms. The maximum atomic E-state index is 13.7. The normalized spacial score (nSPS) is 15.2. The Morgan fingerprint density at radius 3 is 2.62 bits per heavy atom. The zero-order valence-electron chi connectivity index (χ0n) is 12.2. The topological polar surface area (TPSA) is 32.3 Å². The second-order valence-corrected chi connectivity index (χ2v) is 5.39. The van der Waals surface area contributed by atoms with Crippen LogP contribution in [0.2, 0.25) is 0 Å². The first-order valence-corrected chi connectivity index (χ1v) is 6.92. The molecule has 1 fully saturated rings. The van der Waals surface area contributed by atoms with Crippen molar-refractivity contribution >= 4 is 18.3 Å². The van der Waals surface area contributed by atoms with Crippen LogP contribution in [-0.2, 0) is 11.3 Å². The van der Waals surface area contributed by atoms with Gasteiger partial charge in [0.1, 0.15) is 11.6 Å². The van der Waals surface area contributed by atoms with Gasteiger partial charge in [-0.2, -0.15) is 0 Å². The molecule has 0 bridgehead atoms. The molecule has 1 aromatic carbocycles. The molecule has 118 valence electrons. The number of hydrogen-bond donors (Lipinski definition) is 1. The van der Waals surface area contributed by atoms with Gasteiger partial charge in [-0.3, -0.25) is 4.79 Å². The van der Waals surface area contributed by atoms with E-state index >= 15 is 0 Å². The summed E-state index contributed by atoms with van der Waals surface area (Å²) >= 11 is 0. The van der Waals surface area contributed by atoms with E-state index in [1.807, 2.05) is 6.92 Å². The predicted molar refractivity (Wildman–Crippen MR) is 80.3 cm³/mol. The van der Waals surface area contributed by atoms with Gasteiger partial charge in [-0.1, -0.05) is 13.0 Å². The number of amides is 1. The van der Waals surface area contributed by atoms with E-state index in [0.29, 0.717) is 12.1 Å². The Morgan fingerprint density at radius 2 is 2.10 bits per heavy atom. The molecule has 2 rings (SSSR count). The number of carbonyl (C=O) groups is 1. The molecule has 1 aliphatic rings. The van der Waals surface area contributed by atoms with E-state index in [2.05, 4.69) is 5.32 Å². The van der Waals surface area contributed by atoms with Gasteiger partial charge in [0.05, 0.1) is 0 Å². The first-order valence-electron chi connectivity index (χ1n) is 6.92. The van der Waals surface area contributed by atoms with Crippen LogP contribution in [0.25, 0.3) is 0 Å². The summed E-state index contributed by atoms with van der Waals surface area (Å²) in [6, 6.07) is 3.70. The Kier molecular flexibility index (Phi) is 6.55. The van der Waals surface area contributed by atoms with Crippen molar-refractivity contribution in [2.24, 2.45) is 5.92 Å². The molecule has 0 aromatic heterocycles. The van der Waals surface area contributed by atoms with E-state index in [-0.39, 0.29) is 36.8 Å². The first kappa shape index (κ1) is 17.9. The summed E-state index contributed by atoms with van der Waals surface area (Å²) < 4.78 is 26.6. The van der Waals surface area contributed by atoms with Gasteiger partial charge in [0, 0.05) is 36.7 Å². The fraction of sp³-hybridized carbons (Fsp3) is 0.533. The highest BCUT2D eigenvalue weighted by atomic mass is 35.5. The van der Waals surface area contributed by atoms with Crippen LogP contribution in [0.15, 0.2) is 18.2 Å². The Balaban J connectivity index is 0.00000220. The number of carbonyl (C=O) groups excluding carboxylic acids is 1. The van der Waals surface area contributed by atoms with Crippen molar-refractivity contribution in [1.29, 1.82) is 0 Å². The molecule has 0 heterocycles. The Hall–Kier alpha value is -1.20. The number of benzene rings is 1. The Morgan fingerprint density at radius 1 is 1.43 bits per heavy atom. The predicted octanol–water partition coefficient (Wildman–Crippen LogP) is 2.73. The summed E-state index contributed by atoms with van der Waals surface area (Å²) in [4.78, 5) is 14.1. The van der Waals surface area contributed by atoms with Gasteiger partial charge in [-0.25, -0.2) is 8.78 Å². The monoisotopic (exact) mass is 318 g/mol. The van der Waals surface area contributed by atoms with Crippen molar-refractivity contribution in [2.45, 2.75) is 32.4 Å². The molecule has 1 atom stereocenters. The van der Waals surface area contributed by atoms with Gasteiger partial charge < -0.3 is 10.2 Å². The van der Waals surface area contributed by atoms with Crippen LogP contribution in [0.1, 0.15) is 25.3 Å². The largest absolute Gasteiger partial charge is 0.335 e. The third kappa shape index (κ3) is 4.64. The lowest BCUT2D eigenvalue weighted by Gasteiger charge is -2.26. The highest BCUT2D eigenvalue weighted by Gasteiger charge is 2.34. The molecule has 0 saturated heterocycles. The second kappa shape index (κ2) is 7.71. The minimum Gasteiger partial charge on any atom is -0.335 e. The molecular weight excluding hydrogens is 298 g/mol. The summed E-state index contributed by atoms with van der Waals surface area (Å²) in [5, 5.41) is 2.97. The first-order chi connectivity index (χ1) is 9.52. The fourth-order valence-electron chi connectivity index (χ4n) is 2.28. The van der Waals surface area contributed by atoms with Crippen LogP contribution in [0.4, 0.5) is 8.78 Å². The van der Waals surface area contributed by atoms with E-state index in [9.17, 15) is 13.6 Å². The molecule has 0 aliphatic heterocycles. The molecule has 1 saturated carbocycles. The maximum Gasteiger partial charge on any atom is 0.227 e. The quantitative estimate of drug-likeness (QED) is 0.874. The molecule has 1 aliphatic carbocycles. The van der Waals surface area contributed by atoms with Crippen LogP contribution in [-0.4, -0.2) is 30.4 Å². The minimum absolute atomic E-state index is 0. The van der Waals surface area contributed by atoms with Gasteiger partial charge in [0.2, 0.25) is 5.91 Å². The molecule has 3 nitrogen and oxygen atoms in total. The fourth-order valence-corrected chi connectivity index (χ4v) is 2.28. The van der Waals surface area contributed by atoms with Crippen LogP contribution >= 0.6 is 12.4 Å². The van der Waals surface area contributed by atoms with Gasteiger partial charge >= 0.3 is 0 Å². The number of halogens is 3. The SMILES string of the molecule is CNCC(C)C(=O)N(Cc1ccc(F)cc1F)C1CC1.Cl. The third-order valence-electron chi connectivity index (χ3n) is 3.56. The molecule has 1 aromatic rings. The van der Waals surface area contributed by atoms with Crippen LogP contribution in [0.5, 0.6) is 0 Å². The smallest absolute Gasteiger partial charge is 0.227 e. The van der Waals surface area contributed by atoms with Crippen molar-refractivity contribution in [2.75, 3.05) is 13.6 Å². The highest BCUT2D eigenvalue weighted by molar-refractivity contribution is 5.85. The molecule has 6 heteroatoms. The van der Waals surface area contributed by atoms with E-state index in [1.54, 1.807) is 11.9 Å². The molecule has 1 N–H and O–H groups in total. The van der Waals surface area contributed by atoms with Crippen molar-refractivity contribution in [3.05, 3.63) is 35.4 Å². The zero-order valence-corrected chi connectivity index (χ0v) is 13.1. The minimum atomic E-state index is -0.598. The van der Waals surface area contributed by atoms with Gasteiger partial charge in [-0.15, -0.1) is 12.4 Å². The van der Waals surface area contributed by atoms with E-state index < -0.39 is 11.6 Å². The Labute approximate surface area is 130 Å². The van der Waals surface area contributed by atoms with E-state index in [1.165, 1.54) is 12.1 Å². The standard InChI is InChI=1S/C15H20F2N2O.ClH/c1-10(8-18-2)15(20)19(13-5-6-13)9-11-3-4-12(16)7-14(11)17;/h3-4,7,10,13,18H,5-6,8-9H2,1-2H3;1H. The van der Waals surface area contributed by atoms with Gasteiger partial charge in [0.15, 0.2) is 0 Å². The Bertz CT molecular complexity index is 495. The van der Waals surface area contributed by atoms with Gasteiger partial charge in [-0.05, 0) is 26.0 Å². The highest BCUT2D eigenvalue weighted by Crippen LogP contribution is 2.30. The number of rotatable bonds is 6. The molecule has 0 radical (unpaired) electrons. The van der Waals surface area contributed by atoms with Crippen molar-refractivity contribution in [3.8, 4) is 0 Å². The van der Waals surface area contributed by atoms with Crippen LogP contribution in [0, 0.1) is 17.6 Å². The van der Waals surface area contributed by atoms with Crippen molar-refractivity contribution < 1.29 is 13.6 Å². The lowest BCUT2D eigenvalue weighted by atomic mass is 10.1. The van der Waals surface area contributed by atoms with E-state index in [0.717, 1.165) is 18.9 Å².